The first kappa shape index (κ1) is 12.0. The first-order valence-corrected chi connectivity index (χ1v) is 7.00. The number of carboxylic acids is 1. The molecule has 0 aliphatic rings. The molecule has 0 atom stereocenters. The van der Waals surface area contributed by atoms with Gasteiger partial charge in [-0.15, -0.1) is 0 Å². The molecular formula is C12H9NO2S2. The van der Waals surface area contributed by atoms with E-state index >= 15 is 0 Å². The van der Waals surface area contributed by atoms with Gasteiger partial charge in [0.2, 0.25) is 0 Å². The second kappa shape index (κ2) is 5.75. The lowest BCUT2D eigenvalue weighted by Gasteiger charge is -2.03. The van der Waals surface area contributed by atoms with E-state index in [-0.39, 0.29) is 0 Å². The highest BCUT2D eigenvalue weighted by atomic mass is 33.1. The van der Waals surface area contributed by atoms with Crippen LogP contribution in [0.2, 0.25) is 0 Å². The summed E-state index contributed by atoms with van der Waals surface area (Å²) in [5, 5.41) is 9.88. The van der Waals surface area contributed by atoms with Crippen LogP contribution in [0.15, 0.2) is 58.6 Å². The van der Waals surface area contributed by atoms with Gasteiger partial charge in [0.15, 0.2) is 0 Å². The number of hydrogen-bond acceptors (Lipinski definition) is 4. The lowest BCUT2D eigenvalue weighted by atomic mass is 10.2. The predicted molar refractivity (Wildman–Crippen MR) is 69.4 cm³/mol. The number of carboxylic acid groups (broad SMARTS) is 1. The van der Waals surface area contributed by atoms with Gasteiger partial charge < -0.3 is 5.11 Å². The highest BCUT2D eigenvalue weighted by Crippen LogP contribution is 2.37. The van der Waals surface area contributed by atoms with Crippen molar-refractivity contribution in [3.63, 3.8) is 0 Å². The Balaban J connectivity index is 2.12. The summed E-state index contributed by atoms with van der Waals surface area (Å²) in [7, 11) is 2.85. The molecule has 0 amide bonds. The number of nitrogens with zero attached hydrogens (tertiary/aromatic N) is 1. The summed E-state index contributed by atoms with van der Waals surface area (Å²) < 4.78 is 0. The Hall–Kier alpha value is -1.46. The van der Waals surface area contributed by atoms with E-state index in [1.807, 2.05) is 24.3 Å². The maximum Gasteiger partial charge on any atom is 0.336 e. The van der Waals surface area contributed by atoms with Crippen LogP contribution in [0.1, 0.15) is 10.4 Å². The molecule has 1 aromatic carbocycles. The quantitative estimate of drug-likeness (QED) is 0.854. The molecular weight excluding hydrogens is 254 g/mol. The van der Waals surface area contributed by atoms with E-state index in [9.17, 15) is 4.79 Å². The predicted octanol–water partition coefficient (Wildman–Crippen LogP) is 3.58. The average molecular weight is 263 g/mol. The van der Waals surface area contributed by atoms with Gasteiger partial charge in [-0.1, -0.05) is 29.0 Å². The van der Waals surface area contributed by atoms with Crippen LogP contribution in [0, 0.1) is 0 Å². The molecule has 0 unspecified atom stereocenters. The van der Waals surface area contributed by atoms with E-state index in [1.165, 1.54) is 21.6 Å². The molecule has 0 radical (unpaired) electrons. The van der Waals surface area contributed by atoms with E-state index in [0.717, 1.165) is 9.92 Å². The van der Waals surface area contributed by atoms with Crippen molar-refractivity contribution in [1.29, 1.82) is 0 Å². The van der Waals surface area contributed by atoms with Gasteiger partial charge in [-0.05, 0) is 35.1 Å². The van der Waals surface area contributed by atoms with Gasteiger partial charge in [0, 0.05) is 11.1 Å². The molecule has 2 rings (SSSR count). The smallest absolute Gasteiger partial charge is 0.336 e. The molecule has 1 heterocycles. The molecule has 3 nitrogen and oxygen atoms in total. The van der Waals surface area contributed by atoms with E-state index in [1.54, 1.807) is 24.4 Å². The minimum atomic E-state index is -0.908. The molecule has 0 bridgehead atoms. The Labute approximate surface area is 107 Å². The fourth-order valence-corrected chi connectivity index (χ4v) is 3.25. The minimum Gasteiger partial charge on any atom is -0.478 e. The van der Waals surface area contributed by atoms with Crippen molar-refractivity contribution in [3.05, 3.63) is 54.2 Å². The average Bonchev–Trinajstić information content (AvgIpc) is 2.38. The Bertz CT molecular complexity index is 517. The van der Waals surface area contributed by atoms with Crippen LogP contribution >= 0.6 is 21.6 Å². The van der Waals surface area contributed by atoms with Crippen LogP contribution in [-0.2, 0) is 0 Å². The molecule has 17 heavy (non-hydrogen) atoms. The van der Waals surface area contributed by atoms with Gasteiger partial charge in [0.1, 0.15) is 5.03 Å². The van der Waals surface area contributed by atoms with Gasteiger partial charge in [0.25, 0.3) is 0 Å². The van der Waals surface area contributed by atoms with Crippen LogP contribution in [0.3, 0.4) is 0 Å². The van der Waals surface area contributed by atoms with Gasteiger partial charge in [-0.3, -0.25) is 0 Å². The normalized spacial score (nSPS) is 10.1. The zero-order valence-electron chi connectivity index (χ0n) is 8.74. The summed E-state index contributed by atoms with van der Waals surface area (Å²) >= 11 is 0. The number of pyridine rings is 1. The first-order valence-electron chi connectivity index (χ1n) is 4.85. The molecule has 0 aliphatic carbocycles. The second-order valence-corrected chi connectivity index (χ2v) is 5.33. The molecule has 0 saturated heterocycles. The molecule has 0 fully saturated rings. The van der Waals surface area contributed by atoms with Gasteiger partial charge >= 0.3 is 5.97 Å². The highest BCUT2D eigenvalue weighted by molar-refractivity contribution is 8.76. The number of aromatic carboxylic acids is 1. The van der Waals surface area contributed by atoms with Gasteiger partial charge in [0.05, 0.1) is 5.56 Å². The number of rotatable bonds is 4. The summed E-state index contributed by atoms with van der Waals surface area (Å²) in [4.78, 5) is 15.9. The third-order valence-corrected chi connectivity index (χ3v) is 4.30. The van der Waals surface area contributed by atoms with Crippen LogP contribution in [0.4, 0.5) is 0 Å². The van der Waals surface area contributed by atoms with E-state index in [0.29, 0.717) is 5.56 Å². The standard InChI is InChI=1S/C12H9NO2S2/c14-12(15)9-5-1-2-6-10(9)16-17-11-7-3-4-8-13-11/h1-8H,(H,14,15). The van der Waals surface area contributed by atoms with E-state index in [2.05, 4.69) is 4.98 Å². The van der Waals surface area contributed by atoms with Crippen LogP contribution < -0.4 is 0 Å². The summed E-state index contributed by atoms with van der Waals surface area (Å²) in [6, 6.07) is 12.6. The third kappa shape index (κ3) is 3.25. The Morgan fingerprint density at radius 3 is 2.53 bits per heavy atom. The van der Waals surface area contributed by atoms with Crippen molar-refractivity contribution in [3.8, 4) is 0 Å². The Morgan fingerprint density at radius 2 is 1.82 bits per heavy atom. The molecule has 1 aromatic heterocycles. The van der Waals surface area contributed by atoms with Gasteiger partial charge in [-0.2, -0.15) is 0 Å². The number of aromatic nitrogens is 1. The van der Waals surface area contributed by atoms with E-state index < -0.39 is 5.97 Å². The monoisotopic (exact) mass is 263 g/mol. The Kier molecular flexibility index (Phi) is 4.06. The van der Waals surface area contributed by atoms with Crippen molar-refractivity contribution in [2.75, 3.05) is 0 Å². The van der Waals surface area contributed by atoms with E-state index in [4.69, 9.17) is 5.11 Å². The molecule has 2 aromatic rings. The van der Waals surface area contributed by atoms with Crippen molar-refractivity contribution in [2.45, 2.75) is 9.92 Å². The molecule has 1 N–H and O–H groups in total. The van der Waals surface area contributed by atoms with Crippen molar-refractivity contribution in [1.82, 2.24) is 4.98 Å². The van der Waals surface area contributed by atoms with Gasteiger partial charge in [-0.25, -0.2) is 9.78 Å². The molecule has 0 saturated carbocycles. The topological polar surface area (TPSA) is 50.2 Å². The maximum absolute atomic E-state index is 11.0. The molecule has 0 aliphatic heterocycles. The SMILES string of the molecule is O=C(O)c1ccccc1SSc1ccccn1. The number of benzene rings is 1. The lowest BCUT2D eigenvalue weighted by molar-refractivity contribution is 0.0693. The van der Waals surface area contributed by atoms with Crippen LogP contribution in [0.5, 0.6) is 0 Å². The fourth-order valence-electron chi connectivity index (χ4n) is 1.20. The number of carbonyl (C=O) groups is 1. The minimum absolute atomic E-state index is 0.320. The fraction of sp³-hybridized carbons (Fsp3) is 0. The largest absolute Gasteiger partial charge is 0.478 e. The van der Waals surface area contributed by atoms with Crippen molar-refractivity contribution < 1.29 is 9.90 Å². The summed E-state index contributed by atoms with van der Waals surface area (Å²) in [6.45, 7) is 0. The zero-order chi connectivity index (χ0) is 12.1. The first-order chi connectivity index (χ1) is 8.27. The van der Waals surface area contributed by atoms with Crippen LogP contribution in [-0.4, -0.2) is 16.1 Å². The maximum atomic E-state index is 11.0. The van der Waals surface area contributed by atoms with Crippen LogP contribution in [0.25, 0.3) is 0 Å². The van der Waals surface area contributed by atoms with Crippen molar-refractivity contribution in [2.24, 2.45) is 0 Å². The zero-order valence-corrected chi connectivity index (χ0v) is 10.4. The molecule has 86 valence electrons. The summed E-state index contributed by atoms with van der Waals surface area (Å²) in [5.74, 6) is -0.908. The summed E-state index contributed by atoms with van der Waals surface area (Å²) in [6.07, 6.45) is 1.71. The van der Waals surface area contributed by atoms with Crippen molar-refractivity contribution >= 4 is 27.6 Å². The molecule has 5 heteroatoms. The summed E-state index contributed by atoms with van der Waals surface area (Å²) in [5.41, 5.74) is 0.320. The third-order valence-electron chi connectivity index (χ3n) is 1.97. The number of hydrogen-bond donors (Lipinski definition) is 1. The lowest BCUT2D eigenvalue weighted by Crippen LogP contribution is -1.97. The Morgan fingerprint density at radius 1 is 1.06 bits per heavy atom. The highest BCUT2D eigenvalue weighted by Gasteiger charge is 2.09. The molecule has 0 spiro atoms. The second-order valence-electron chi connectivity index (χ2n) is 3.14.